The molecule has 0 aliphatic heterocycles. The highest BCUT2D eigenvalue weighted by atomic mass is 15.0. The molecule has 1 atom stereocenters. The first kappa shape index (κ1) is 12.2. The van der Waals surface area contributed by atoms with Gasteiger partial charge in [0, 0.05) is 17.4 Å². The molecule has 0 saturated heterocycles. The molecule has 2 aromatic rings. The molecule has 19 heavy (non-hydrogen) atoms. The number of hydrogen-bond donors (Lipinski definition) is 2. The standard InChI is InChI=1S/C16H19N3/c1-11(17)13-6-2-3-7-15(13)19-16-10-9-12-5-4-8-14(12)18-16/h2-3,6-7,9-11H,4-5,8,17H2,1H3,(H,18,19). The highest BCUT2D eigenvalue weighted by Gasteiger charge is 2.13. The van der Waals surface area contributed by atoms with E-state index in [0.717, 1.165) is 23.5 Å². The van der Waals surface area contributed by atoms with Gasteiger partial charge in [-0.25, -0.2) is 4.98 Å². The Bertz CT molecular complexity index is 590. The summed E-state index contributed by atoms with van der Waals surface area (Å²) in [6.45, 7) is 2.00. The van der Waals surface area contributed by atoms with Crippen molar-refractivity contribution in [2.75, 3.05) is 5.32 Å². The summed E-state index contributed by atoms with van der Waals surface area (Å²) >= 11 is 0. The summed E-state index contributed by atoms with van der Waals surface area (Å²) in [5, 5.41) is 3.39. The Balaban J connectivity index is 1.89. The molecule has 0 saturated carbocycles. The number of nitrogens with two attached hydrogens (primary N) is 1. The topological polar surface area (TPSA) is 50.9 Å². The van der Waals surface area contributed by atoms with Crippen LogP contribution in [-0.4, -0.2) is 4.98 Å². The molecule has 0 fully saturated rings. The fourth-order valence-corrected chi connectivity index (χ4v) is 2.64. The predicted molar refractivity (Wildman–Crippen MR) is 78.6 cm³/mol. The first-order chi connectivity index (χ1) is 9.24. The van der Waals surface area contributed by atoms with Gasteiger partial charge in [0.1, 0.15) is 5.82 Å². The maximum absolute atomic E-state index is 6.00. The maximum atomic E-state index is 6.00. The zero-order valence-electron chi connectivity index (χ0n) is 11.2. The van der Waals surface area contributed by atoms with Gasteiger partial charge in [0.2, 0.25) is 0 Å². The van der Waals surface area contributed by atoms with Gasteiger partial charge in [-0.3, -0.25) is 0 Å². The zero-order chi connectivity index (χ0) is 13.2. The second-order valence-electron chi connectivity index (χ2n) is 5.16. The van der Waals surface area contributed by atoms with Gasteiger partial charge >= 0.3 is 0 Å². The number of hydrogen-bond acceptors (Lipinski definition) is 3. The molecule has 1 aliphatic carbocycles. The van der Waals surface area contributed by atoms with Crippen LogP contribution in [0.15, 0.2) is 36.4 Å². The summed E-state index contributed by atoms with van der Waals surface area (Å²) in [7, 11) is 0. The van der Waals surface area contributed by atoms with Crippen LogP contribution in [0.1, 0.15) is 36.2 Å². The van der Waals surface area contributed by atoms with Crippen LogP contribution >= 0.6 is 0 Å². The number of anilines is 2. The van der Waals surface area contributed by atoms with Crippen molar-refractivity contribution in [1.29, 1.82) is 0 Å². The fourth-order valence-electron chi connectivity index (χ4n) is 2.64. The molecule has 1 unspecified atom stereocenters. The summed E-state index contributed by atoms with van der Waals surface area (Å²) < 4.78 is 0. The SMILES string of the molecule is CC(N)c1ccccc1Nc1ccc2c(n1)CCC2. The number of pyridine rings is 1. The van der Waals surface area contributed by atoms with E-state index in [-0.39, 0.29) is 6.04 Å². The second-order valence-corrected chi connectivity index (χ2v) is 5.16. The quantitative estimate of drug-likeness (QED) is 0.882. The monoisotopic (exact) mass is 253 g/mol. The van der Waals surface area contributed by atoms with Gasteiger partial charge < -0.3 is 11.1 Å². The van der Waals surface area contributed by atoms with E-state index in [1.54, 1.807) is 0 Å². The van der Waals surface area contributed by atoms with Crippen molar-refractivity contribution in [2.24, 2.45) is 5.73 Å². The molecule has 1 aliphatic rings. The van der Waals surface area contributed by atoms with Crippen LogP contribution in [0.3, 0.4) is 0 Å². The third kappa shape index (κ3) is 2.47. The van der Waals surface area contributed by atoms with Crippen LogP contribution in [0.4, 0.5) is 11.5 Å². The highest BCUT2D eigenvalue weighted by Crippen LogP contribution is 2.26. The average molecular weight is 253 g/mol. The summed E-state index contributed by atoms with van der Waals surface area (Å²) in [5.74, 6) is 0.911. The molecule has 0 amide bonds. The lowest BCUT2D eigenvalue weighted by molar-refractivity contribution is 0.820. The molecule has 0 radical (unpaired) electrons. The van der Waals surface area contributed by atoms with Gasteiger partial charge in [0.25, 0.3) is 0 Å². The number of aryl methyl sites for hydroxylation is 2. The normalized spacial score (nSPS) is 15.1. The summed E-state index contributed by atoms with van der Waals surface area (Å²) in [6, 6.07) is 12.4. The maximum Gasteiger partial charge on any atom is 0.130 e. The van der Waals surface area contributed by atoms with Gasteiger partial charge in [0.05, 0.1) is 0 Å². The molecule has 0 bridgehead atoms. The molecule has 1 aromatic heterocycles. The van der Waals surface area contributed by atoms with E-state index in [4.69, 9.17) is 10.7 Å². The molecule has 3 heteroatoms. The smallest absolute Gasteiger partial charge is 0.130 e. The Kier molecular flexibility index (Phi) is 3.22. The van der Waals surface area contributed by atoms with E-state index in [1.165, 1.54) is 24.1 Å². The van der Waals surface area contributed by atoms with Crippen LogP contribution < -0.4 is 11.1 Å². The Hall–Kier alpha value is -1.87. The van der Waals surface area contributed by atoms with Crippen LogP contribution in [0, 0.1) is 0 Å². The zero-order valence-corrected chi connectivity index (χ0v) is 11.2. The lowest BCUT2D eigenvalue weighted by atomic mass is 10.1. The minimum Gasteiger partial charge on any atom is -0.340 e. The summed E-state index contributed by atoms with van der Waals surface area (Å²) in [5.41, 5.74) is 10.8. The number of para-hydroxylation sites is 1. The van der Waals surface area contributed by atoms with Crippen molar-refractivity contribution in [3.63, 3.8) is 0 Å². The summed E-state index contributed by atoms with van der Waals surface area (Å²) in [4.78, 5) is 4.70. The molecule has 1 heterocycles. The Morgan fingerprint density at radius 3 is 2.84 bits per heavy atom. The van der Waals surface area contributed by atoms with Gasteiger partial charge in [-0.2, -0.15) is 0 Å². The number of fused-ring (bicyclic) bond motifs is 1. The van der Waals surface area contributed by atoms with Crippen LogP contribution in [0.2, 0.25) is 0 Å². The molecule has 3 rings (SSSR count). The first-order valence-corrected chi connectivity index (χ1v) is 6.84. The van der Waals surface area contributed by atoms with E-state index < -0.39 is 0 Å². The Morgan fingerprint density at radius 2 is 2.00 bits per heavy atom. The molecular formula is C16H19N3. The van der Waals surface area contributed by atoms with E-state index >= 15 is 0 Å². The minimum atomic E-state index is 0.0122. The Morgan fingerprint density at radius 1 is 1.16 bits per heavy atom. The van der Waals surface area contributed by atoms with Crippen molar-refractivity contribution in [2.45, 2.75) is 32.2 Å². The third-order valence-corrected chi connectivity index (χ3v) is 3.64. The highest BCUT2D eigenvalue weighted by molar-refractivity contribution is 5.61. The van der Waals surface area contributed by atoms with E-state index in [1.807, 2.05) is 25.1 Å². The second kappa shape index (κ2) is 5.02. The predicted octanol–water partition coefficient (Wildman–Crippen LogP) is 3.33. The van der Waals surface area contributed by atoms with Crippen LogP contribution in [0.25, 0.3) is 0 Å². The lowest BCUT2D eigenvalue weighted by Crippen LogP contribution is -2.08. The van der Waals surface area contributed by atoms with Crippen molar-refractivity contribution in [3.05, 3.63) is 53.2 Å². The van der Waals surface area contributed by atoms with Gasteiger partial charge in [-0.05, 0) is 49.4 Å². The molecular weight excluding hydrogens is 234 g/mol. The molecule has 0 spiro atoms. The molecule has 1 aromatic carbocycles. The van der Waals surface area contributed by atoms with Crippen LogP contribution in [-0.2, 0) is 12.8 Å². The van der Waals surface area contributed by atoms with Crippen molar-refractivity contribution in [1.82, 2.24) is 4.98 Å². The van der Waals surface area contributed by atoms with Crippen molar-refractivity contribution in [3.8, 4) is 0 Å². The number of aromatic nitrogens is 1. The number of benzene rings is 1. The van der Waals surface area contributed by atoms with E-state index in [2.05, 4.69) is 23.5 Å². The molecule has 3 nitrogen and oxygen atoms in total. The number of rotatable bonds is 3. The van der Waals surface area contributed by atoms with E-state index in [0.29, 0.717) is 0 Å². The van der Waals surface area contributed by atoms with Gasteiger partial charge in [-0.1, -0.05) is 24.3 Å². The van der Waals surface area contributed by atoms with Gasteiger partial charge in [0.15, 0.2) is 0 Å². The first-order valence-electron chi connectivity index (χ1n) is 6.84. The van der Waals surface area contributed by atoms with E-state index in [9.17, 15) is 0 Å². The number of nitrogens with one attached hydrogen (secondary N) is 1. The minimum absolute atomic E-state index is 0.0122. The average Bonchev–Trinajstić information content (AvgIpc) is 2.86. The molecule has 3 N–H and O–H groups in total. The largest absolute Gasteiger partial charge is 0.340 e. The lowest BCUT2D eigenvalue weighted by Gasteiger charge is -2.14. The third-order valence-electron chi connectivity index (χ3n) is 3.64. The summed E-state index contributed by atoms with van der Waals surface area (Å²) in [6.07, 6.45) is 3.49. The van der Waals surface area contributed by atoms with Gasteiger partial charge in [-0.15, -0.1) is 0 Å². The number of nitrogens with zero attached hydrogens (tertiary/aromatic N) is 1. The fraction of sp³-hybridized carbons (Fsp3) is 0.312. The molecule has 98 valence electrons. The van der Waals surface area contributed by atoms with Crippen molar-refractivity contribution < 1.29 is 0 Å². The van der Waals surface area contributed by atoms with Crippen molar-refractivity contribution >= 4 is 11.5 Å². The Labute approximate surface area is 113 Å². The van der Waals surface area contributed by atoms with Crippen LogP contribution in [0.5, 0.6) is 0 Å².